The number of nitrogens with two attached hydrogens (primary N) is 1. The molecule has 0 bridgehead atoms. The van der Waals surface area contributed by atoms with E-state index in [0.717, 1.165) is 42.4 Å². The number of H-pyrrole nitrogens is 1. The molecule has 0 aliphatic rings. The number of hydrogen-bond donors (Lipinski definition) is 3. The minimum absolute atomic E-state index is 0.334. The van der Waals surface area contributed by atoms with E-state index in [1.807, 2.05) is 46.0 Å². The highest BCUT2D eigenvalue weighted by molar-refractivity contribution is 5.94. The summed E-state index contributed by atoms with van der Waals surface area (Å²) in [6.07, 6.45) is 4.40. The van der Waals surface area contributed by atoms with Gasteiger partial charge in [-0.3, -0.25) is 4.79 Å². The molecule has 2 aromatic rings. The van der Waals surface area contributed by atoms with Crippen molar-refractivity contribution in [2.45, 2.75) is 66.8 Å². The quantitative estimate of drug-likeness (QED) is 0.629. The molecule has 0 saturated carbocycles. The number of fused-ring (bicyclic) bond motifs is 1. The predicted octanol–water partition coefficient (Wildman–Crippen LogP) is 4.80. The number of aromatic nitrogens is 1. The van der Waals surface area contributed by atoms with Crippen LogP contribution in [0.3, 0.4) is 0 Å². The molecule has 5 heteroatoms. The molecule has 148 valence electrons. The Labute approximate surface area is 158 Å². The van der Waals surface area contributed by atoms with Crippen LogP contribution in [0.25, 0.3) is 10.9 Å². The van der Waals surface area contributed by atoms with Crippen molar-refractivity contribution in [3.63, 3.8) is 0 Å². The number of nitrogens with one attached hydrogen (secondary N) is 1. The van der Waals surface area contributed by atoms with Crippen molar-refractivity contribution in [3.05, 3.63) is 30.0 Å². The monoisotopic (exact) mass is 363 g/mol. The summed E-state index contributed by atoms with van der Waals surface area (Å²) in [6, 6.07) is 5.30. The maximum absolute atomic E-state index is 11.0. The Kier molecular flexibility index (Phi) is 12.2. The largest absolute Gasteiger partial charge is 0.480 e. The second-order valence-electron chi connectivity index (χ2n) is 5.65. The molecule has 26 heavy (non-hydrogen) atoms. The molecule has 0 aliphatic heterocycles. The molecule has 0 aliphatic carbocycles. The van der Waals surface area contributed by atoms with Crippen molar-refractivity contribution in [1.82, 2.24) is 4.98 Å². The van der Waals surface area contributed by atoms with Gasteiger partial charge in [0.25, 0.3) is 0 Å². The zero-order chi connectivity index (χ0) is 20.1. The Bertz CT molecular complexity index is 631. The highest BCUT2D eigenvalue weighted by atomic mass is 16.4. The van der Waals surface area contributed by atoms with Crippen molar-refractivity contribution in [1.29, 1.82) is 0 Å². The molecule has 1 heterocycles. The molecule has 0 amide bonds. The summed E-state index contributed by atoms with van der Waals surface area (Å²) in [5.41, 5.74) is 8.87. The van der Waals surface area contributed by atoms with Crippen molar-refractivity contribution in [2.24, 2.45) is 5.73 Å². The average Bonchev–Trinajstić information content (AvgIpc) is 3.08. The second kappa shape index (κ2) is 13.2. The van der Waals surface area contributed by atoms with Crippen molar-refractivity contribution < 1.29 is 9.90 Å². The number of carboxylic acids is 1. The highest BCUT2D eigenvalue weighted by Gasteiger charge is 2.17. The fourth-order valence-corrected chi connectivity index (χ4v) is 2.85. The Morgan fingerprint density at radius 2 is 1.73 bits per heavy atom. The number of benzene rings is 1. The van der Waals surface area contributed by atoms with Crippen LogP contribution in [0.5, 0.6) is 0 Å². The van der Waals surface area contributed by atoms with E-state index in [0.29, 0.717) is 6.42 Å². The first-order valence-electron chi connectivity index (χ1n) is 9.90. The highest BCUT2D eigenvalue weighted by Crippen LogP contribution is 2.29. The Balaban J connectivity index is 0.00000146. The summed E-state index contributed by atoms with van der Waals surface area (Å²) in [6.45, 7) is 14.4. The Morgan fingerprint density at radius 3 is 2.23 bits per heavy atom. The van der Waals surface area contributed by atoms with Crippen molar-refractivity contribution >= 4 is 22.6 Å². The van der Waals surface area contributed by atoms with Gasteiger partial charge in [0.1, 0.15) is 6.04 Å². The first kappa shape index (κ1) is 24.0. The lowest BCUT2D eigenvalue weighted by Crippen LogP contribution is -2.32. The van der Waals surface area contributed by atoms with E-state index in [9.17, 15) is 4.79 Å². The van der Waals surface area contributed by atoms with E-state index in [2.05, 4.69) is 29.8 Å². The van der Waals surface area contributed by atoms with Crippen LogP contribution in [-0.2, 0) is 11.2 Å². The molecule has 1 atom stereocenters. The molecule has 0 fully saturated rings. The summed E-state index contributed by atoms with van der Waals surface area (Å²) >= 11 is 0. The van der Waals surface area contributed by atoms with Crippen LogP contribution < -0.4 is 10.6 Å². The summed E-state index contributed by atoms with van der Waals surface area (Å²) in [5, 5.41) is 10.1. The SMILES string of the molecule is CC.CC.CCCN(CCC)c1cccc2c(CC(N)C(=O)O)c[nH]c12. The van der Waals surface area contributed by atoms with Gasteiger partial charge in [0.15, 0.2) is 0 Å². The number of carboxylic acid groups (broad SMARTS) is 1. The van der Waals surface area contributed by atoms with Gasteiger partial charge in [-0.1, -0.05) is 53.7 Å². The van der Waals surface area contributed by atoms with Crippen LogP contribution in [0.15, 0.2) is 24.4 Å². The molecular formula is C21H37N3O2. The number of nitrogens with zero attached hydrogens (tertiary/aromatic N) is 1. The fraction of sp³-hybridized carbons (Fsp3) is 0.571. The minimum atomic E-state index is -0.968. The van der Waals surface area contributed by atoms with Crippen LogP contribution >= 0.6 is 0 Å². The van der Waals surface area contributed by atoms with Crippen molar-refractivity contribution in [2.75, 3.05) is 18.0 Å². The lowest BCUT2D eigenvalue weighted by atomic mass is 10.0. The summed E-state index contributed by atoms with van der Waals surface area (Å²) in [7, 11) is 0. The molecule has 0 saturated heterocycles. The maximum Gasteiger partial charge on any atom is 0.320 e. The van der Waals surface area contributed by atoms with Crippen LogP contribution in [0.4, 0.5) is 5.69 Å². The van der Waals surface area contributed by atoms with Gasteiger partial charge in [0, 0.05) is 31.1 Å². The van der Waals surface area contributed by atoms with Gasteiger partial charge in [-0.25, -0.2) is 0 Å². The van der Waals surface area contributed by atoms with Gasteiger partial charge in [0.2, 0.25) is 0 Å². The van der Waals surface area contributed by atoms with Gasteiger partial charge in [-0.05, 0) is 24.5 Å². The maximum atomic E-state index is 11.0. The summed E-state index contributed by atoms with van der Waals surface area (Å²) in [4.78, 5) is 16.6. The molecule has 1 unspecified atom stereocenters. The number of aliphatic carboxylic acids is 1. The summed E-state index contributed by atoms with van der Waals surface area (Å²) in [5.74, 6) is -0.968. The predicted molar refractivity (Wildman–Crippen MR) is 113 cm³/mol. The smallest absolute Gasteiger partial charge is 0.320 e. The second-order valence-corrected chi connectivity index (χ2v) is 5.65. The first-order valence-corrected chi connectivity index (χ1v) is 9.90. The number of carbonyl (C=O) groups is 1. The number of anilines is 1. The Morgan fingerprint density at radius 1 is 1.15 bits per heavy atom. The third-order valence-corrected chi connectivity index (χ3v) is 3.86. The van der Waals surface area contributed by atoms with E-state index in [1.165, 1.54) is 5.69 Å². The van der Waals surface area contributed by atoms with Crippen LogP contribution in [0.1, 0.15) is 59.9 Å². The van der Waals surface area contributed by atoms with E-state index in [-0.39, 0.29) is 0 Å². The van der Waals surface area contributed by atoms with Crippen LogP contribution in [-0.4, -0.2) is 35.2 Å². The minimum Gasteiger partial charge on any atom is -0.480 e. The molecule has 1 aromatic heterocycles. The lowest BCUT2D eigenvalue weighted by molar-refractivity contribution is -0.138. The van der Waals surface area contributed by atoms with E-state index < -0.39 is 12.0 Å². The van der Waals surface area contributed by atoms with Gasteiger partial charge in [-0.2, -0.15) is 0 Å². The lowest BCUT2D eigenvalue weighted by Gasteiger charge is -2.24. The molecular weight excluding hydrogens is 326 g/mol. The van der Waals surface area contributed by atoms with Crippen molar-refractivity contribution in [3.8, 4) is 0 Å². The van der Waals surface area contributed by atoms with Gasteiger partial charge < -0.3 is 20.7 Å². The molecule has 1 aromatic carbocycles. The fourth-order valence-electron chi connectivity index (χ4n) is 2.85. The van der Waals surface area contributed by atoms with Crippen LogP contribution in [0.2, 0.25) is 0 Å². The first-order chi connectivity index (χ1) is 12.6. The topological polar surface area (TPSA) is 82.3 Å². The number of para-hydroxylation sites is 1. The number of rotatable bonds is 8. The molecule has 0 spiro atoms. The van der Waals surface area contributed by atoms with E-state index in [1.54, 1.807) is 0 Å². The molecule has 4 N–H and O–H groups in total. The number of hydrogen-bond acceptors (Lipinski definition) is 3. The normalized spacial score (nSPS) is 11.0. The number of aromatic amines is 1. The summed E-state index contributed by atoms with van der Waals surface area (Å²) < 4.78 is 0. The third-order valence-electron chi connectivity index (χ3n) is 3.86. The molecule has 0 radical (unpaired) electrons. The zero-order valence-electron chi connectivity index (χ0n) is 17.3. The van der Waals surface area contributed by atoms with E-state index >= 15 is 0 Å². The van der Waals surface area contributed by atoms with Gasteiger partial charge >= 0.3 is 5.97 Å². The standard InChI is InChI=1S/C17H25N3O2.2C2H6/c1-3-8-20(9-4-2)15-7-5-6-13-12(11-19-16(13)15)10-14(18)17(21)22;2*1-2/h5-7,11,14,19H,3-4,8-10,18H2,1-2H3,(H,21,22);2*1-2H3. The zero-order valence-corrected chi connectivity index (χ0v) is 17.3. The third kappa shape index (κ3) is 6.37. The molecule has 2 rings (SSSR count). The average molecular weight is 364 g/mol. The van der Waals surface area contributed by atoms with Gasteiger partial charge in [-0.15, -0.1) is 0 Å². The van der Waals surface area contributed by atoms with Crippen LogP contribution in [0, 0.1) is 0 Å². The van der Waals surface area contributed by atoms with E-state index in [4.69, 9.17) is 10.8 Å². The van der Waals surface area contributed by atoms with Gasteiger partial charge in [0.05, 0.1) is 11.2 Å². The molecule has 5 nitrogen and oxygen atoms in total. The Hall–Kier alpha value is -2.01.